The zero-order valence-electron chi connectivity index (χ0n) is 10.8. The van der Waals surface area contributed by atoms with Crippen molar-refractivity contribution in [2.75, 3.05) is 26.1 Å². The summed E-state index contributed by atoms with van der Waals surface area (Å²) in [6, 6.07) is 5.12. The number of methoxy groups -OCH3 is 1. The number of aliphatic hydroxyl groups excluding tert-OH is 1. The average Bonchev–Trinajstić information content (AvgIpc) is 2.29. The van der Waals surface area contributed by atoms with E-state index in [2.05, 4.69) is 5.32 Å². The van der Waals surface area contributed by atoms with Gasteiger partial charge in [0.2, 0.25) is 0 Å². The Morgan fingerprint density at radius 3 is 2.83 bits per heavy atom. The highest BCUT2D eigenvalue weighted by molar-refractivity contribution is 6.00. The zero-order valence-corrected chi connectivity index (χ0v) is 10.8. The van der Waals surface area contributed by atoms with Gasteiger partial charge in [-0.1, -0.05) is 12.1 Å². The van der Waals surface area contributed by atoms with Crippen molar-refractivity contribution in [3.8, 4) is 0 Å². The Morgan fingerprint density at radius 2 is 2.28 bits per heavy atom. The molecule has 4 N–H and O–H groups in total. The van der Waals surface area contributed by atoms with Crippen LogP contribution < -0.4 is 11.1 Å². The molecule has 100 valence electrons. The number of hydrogen-bond acceptors (Lipinski definition) is 4. The lowest BCUT2D eigenvalue weighted by atomic mass is 10.1. The van der Waals surface area contributed by atoms with Gasteiger partial charge in [-0.25, -0.2) is 0 Å². The van der Waals surface area contributed by atoms with Gasteiger partial charge in [0.25, 0.3) is 5.91 Å². The molecule has 0 heterocycles. The van der Waals surface area contributed by atoms with E-state index in [1.54, 1.807) is 13.2 Å². The predicted molar refractivity (Wildman–Crippen MR) is 70.4 cm³/mol. The van der Waals surface area contributed by atoms with Crippen LogP contribution in [0, 0.1) is 6.92 Å². The van der Waals surface area contributed by atoms with Gasteiger partial charge < -0.3 is 20.9 Å². The largest absolute Gasteiger partial charge is 0.398 e. The SMILES string of the molecule is COCC(CCO)NC(=O)c1c(C)cccc1N. The molecule has 5 heteroatoms. The van der Waals surface area contributed by atoms with Gasteiger partial charge in [-0.05, 0) is 25.0 Å². The van der Waals surface area contributed by atoms with Crippen molar-refractivity contribution >= 4 is 11.6 Å². The topological polar surface area (TPSA) is 84.6 Å². The van der Waals surface area contributed by atoms with E-state index in [1.807, 2.05) is 19.1 Å². The molecule has 0 fully saturated rings. The van der Waals surface area contributed by atoms with Crippen molar-refractivity contribution in [2.45, 2.75) is 19.4 Å². The van der Waals surface area contributed by atoms with E-state index in [0.29, 0.717) is 24.3 Å². The van der Waals surface area contributed by atoms with Gasteiger partial charge in [-0.15, -0.1) is 0 Å². The summed E-state index contributed by atoms with van der Waals surface area (Å²) in [5.41, 5.74) is 7.57. The Balaban J connectivity index is 2.80. The normalized spacial score (nSPS) is 12.2. The molecule has 0 saturated heterocycles. The number of carbonyl (C=O) groups excluding carboxylic acids is 1. The van der Waals surface area contributed by atoms with Crippen molar-refractivity contribution in [1.82, 2.24) is 5.32 Å². The van der Waals surface area contributed by atoms with Gasteiger partial charge in [0.05, 0.1) is 18.2 Å². The maximum Gasteiger partial charge on any atom is 0.253 e. The molecule has 1 amide bonds. The molecular weight excluding hydrogens is 232 g/mol. The summed E-state index contributed by atoms with van der Waals surface area (Å²) in [4.78, 5) is 12.1. The lowest BCUT2D eigenvalue weighted by Gasteiger charge is -2.18. The Morgan fingerprint density at radius 1 is 1.56 bits per heavy atom. The number of aryl methyl sites for hydroxylation is 1. The number of amides is 1. The fraction of sp³-hybridized carbons (Fsp3) is 0.462. The maximum absolute atomic E-state index is 12.1. The molecule has 0 saturated carbocycles. The number of anilines is 1. The van der Waals surface area contributed by atoms with Crippen LogP contribution in [0.3, 0.4) is 0 Å². The molecule has 0 bridgehead atoms. The number of nitrogens with two attached hydrogens (primary N) is 1. The minimum atomic E-state index is -0.235. The third-order valence-electron chi connectivity index (χ3n) is 2.71. The van der Waals surface area contributed by atoms with Crippen LogP contribution in [0.4, 0.5) is 5.69 Å². The summed E-state index contributed by atoms with van der Waals surface area (Å²) >= 11 is 0. The zero-order chi connectivity index (χ0) is 13.5. The van der Waals surface area contributed by atoms with Crippen molar-refractivity contribution < 1.29 is 14.6 Å². The highest BCUT2D eigenvalue weighted by Gasteiger charge is 2.16. The first-order valence-corrected chi connectivity index (χ1v) is 5.86. The van der Waals surface area contributed by atoms with Gasteiger partial charge in [-0.2, -0.15) is 0 Å². The number of rotatable bonds is 6. The molecule has 0 aliphatic rings. The second-order valence-electron chi connectivity index (χ2n) is 4.18. The van der Waals surface area contributed by atoms with Crippen molar-refractivity contribution in [3.63, 3.8) is 0 Å². The van der Waals surface area contributed by atoms with Gasteiger partial charge in [0, 0.05) is 19.4 Å². The number of benzene rings is 1. The predicted octanol–water partition coefficient (Wildman–Crippen LogP) is 0.704. The highest BCUT2D eigenvalue weighted by atomic mass is 16.5. The van der Waals surface area contributed by atoms with E-state index in [1.165, 1.54) is 0 Å². The van der Waals surface area contributed by atoms with Crippen molar-refractivity contribution in [1.29, 1.82) is 0 Å². The lowest BCUT2D eigenvalue weighted by molar-refractivity contribution is 0.0879. The van der Waals surface area contributed by atoms with Crippen LogP contribution in [0.5, 0.6) is 0 Å². The first kappa shape index (κ1) is 14.5. The van der Waals surface area contributed by atoms with E-state index >= 15 is 0 Å². The summed E-state index contributed by atoms with van der Waals surface area (Å²) < 4.78 is 5.00. The van der Waals surface area contributed by atoms with E-state index in [0.717, 1.165) is 5.56 Å². The Kier molecular flexibility index (Phi) is 5.61. The Bertz CT molecular complexity index is 381. The van der Waals surface area contributed by atoms with E-state index in [9.17, 15) is 4.79 Å². The number of ether oxygens (including phenoxy) is 1. The molecule has 0 aliphatic heterocycles. The molecule has 5 nitrogen and oxygen atoms in total. The second-order valence-corrected chi connectivity index (χ2v) is 4.18. The number of nitrogens with one attached hydrogen (secondary N) is 1. The van der Waals surface area contributed by atoms with Gasteiger partial charge in [-0.3, -0.25) is 4.79 Å². The molecule has 0 aliphatic carbocycles. The van der Waals surface area contributed by atoms with Gasteiger partial charge >= 0.3 is 0 Å². The molecule has 1 unspecified atom stereocenters. The summed E-state index contributed by atoms with van der Waals surface area (Å²) in [6.07, 6.45) is 0.450. The Labute approximate surface area is 107 Å². The highest BCUT2D eigenvalue weighted by Crippen LogP contribution is 2.16. The molecule has 1 aromatic carbocycles. The van der Waals surface area contributed by atoms with Gasteiger partial charge in [0.15, 0.2) is 0 Å². The van der Waals surface area contributed by atoms with E-state index in [4.69, 9.17) is 15.6 Å². The summed E-state index contributed by atoms with van der Waals surface area (Å²) in [7, 11) is 1.55. The van der Waals surface area contributed by atoms with Crippen LogP contribution in [0.2, 0.25) is 0 Å². The fourth-order valence-corrected chi connectivity index (χ4v) is 1.81. The standard InChI is InChI=1S/C13H20N2O3/c1-9-4-3-5-11(14)12(9)13(17)15-10(6-7-16)8-18-2/h3-5,10,16H,6-8,14H2,1-2H3,(H,15,17). The molecule has 0 aromatic heterocycles. The molecule has 0 spiro atoms. The second kappa shape index (κ2) is 6.98. The number of carbonyl (C=O) groups is 1. The lowest BCUT2D eigenvalue weighted by Crippen LogP contribution is -2.39. The molecule has 1 atom stereocenters. The summed E-state index contributed by atoms with van der Waals surface area (Å²) in [5.74, 6) is -0.235. The number of aliphatic hydroxyl groups is 1. The summed E-state index contributed by atoms with van der Waals surface area (Å²) in [5, 5.41) is 11.7. The monoisotopic (exact) mass is 252 g/mol. The molecule has 0 radical (unpaired) electrons. The van der Waals surface area contributed by atoms with Crippen LogP contribution >= 0.6 is 0 Å². The molecule has 1 rings (SSSR count). The Hall–Kier alpha value is -1.59. The minimum absolute atomic E-state index is 0.00242. The van der Waals surface area contributed by atoms with Crippen molar-refractivity contribution in [2.24, 2.45) is 0 Å². The number of hydrogen-bond donors (Lipinski definition) is 3. The molecule has 1 aromatic rings. The third-order valence-corrected chi connectivity index (χ3v) is 2.71. The maximum atomic E-state index is 12.1. The third kappa shape index (κ3) is 3.72. The first-order valence-electron chi connectivity index (χ1n) is 5.86. The van der Waals surface area contributed by atoms with E-state index < -0.39 is 0 Å². The smallest absolute Gasteiger partial charge is 0.253 e. The van der Waals surface area contributed by atoms with Crippen LogP contribution in [-0.4, -0.2) is 37.4 Å². The summed E-state index contributed by atoms with van der Waals surface area (Å²) in [6.45, 7) is 2.19. The minimum Gasteiger partial charge on any atom is -0.398 e. The van der Waals surface area contributed by atoms with Crippen LogP contribution in [0.1, 0.15) is 22.3 Å². The van der Waals surface area contributed by atoms with Crippen LogP contribution in [0.25, 0.3) is 0 Å². The van der Waals surface area contributed by atoms with E-state index in [-0.39, 0.29) is 18.6 Å². The van der Waals surface area contributed by atoms with Gasteiger partial charge in [0.1, 0.15) is 0 Å². The first-order chi connectivity index (χ1) is 8.60. The van der Waals surface area contributed by atoms with Crippen LogP contribution in [-0.2, 0) is 4.74 Å². The fourth-order valence-electron chi connectivity index (χ4n) is 1.81. The quantitative estimate of drug-likeness (QED) is 0.651. The number of nitrogen functional groups attached to an aromatic ring is 1. The molecule has 18 heavy (non-hydrogen) atoms. The van der Waals surface area contributed by atoms with Crippen LogP contribution in [0.15, 0.2) is 18.2 Å². The molecular formula is C13H20N2O3. The van der Waals surface area contributed by atoms with Crippen molar-refractivity contribution in [3.05, 3.63) is 29.3 Å². The average molecular weight is 252 g/mol.